The van der Waals surface area contributed by atoms with Crippen molar-refractivity contribution in [3.63, 3.8) is 0 Å². The number of guanidine groups is 1. The molecule has 0 bridgehead atoms. The highest BCUT2D eigenvalue weighted by molar-refractivity contribution is 14.0. The molecule has 1 heterocycles. The fraction of sp³-hybridized carbons (Fsp3) is 0.611. The first-order valence-corrected chi connectivity index (χ1v) is 10.6. The van der Waals surface area contributed by atoms with Gasteiger partial charge in [0, 0.05) is 26.2 Å². The van der Waals surface area contributed by atoms with E-state index in [1.54, 1.807) is 28.6 Å². The summed E-state index contributed by atoms with van der Waals surface area (Å²) in [5.41, 5.74) is 5.92. The fourth-order valence-electron chi connectivity index (χ4n) is 3.30. The van der Waals surface area contributed by atoms with Crippen LogP contribution in [-0.2, 0) is 10.0 Å². The number of nitrogens with two attached hydrogens (primary N) is 1. The van der Waals surface area contributed by atoms with Gasteiger partial charge >= 0.3 is 0 Å². The molecule has 0 spiro atoms. The topological polar surface area (TPSA) is 87.8 Å². The minimum absolute atomic E-state index is 0. The lowest BCUT2D eigenvalue weighted by atomic mass is 9.86. The number of nitrogens with one attached hydrogen (secondary N) is 1. The minimum atomic E-state index is -3.37. The van der Waals surface area contributed by atoms with Gasteiger partial charge in [-0.1, -0.05) is 24.6 Å². The number of piperidine rings is 1. The molecule has 0 aromatic heterocycles. The van der Waals surface area contributed by atoms with Crippen LogP contribution in [0.15, 0.2) is 40.2 Å². The summed E-state index contributed by atoms with van der Waals surface area (Å²) in [7, 11) is -3.37. The zero-order valence-electron chi connectivity index (χ0n) is 15.0. The molecule has 26 heavy (non-hydrogen) atoms. The maximum absolute atomic E-state index is 12.6. The molecule has 0 atom stereocenters. The van der Waals surface area contributed by atoms with Gasteiger partial charge in [-0.25, -0.2) is 8.42 Å². The standard InChI is InChI=1S/C18H28N4O2S.HI/c19-18(20-13-15-5-4-6-15)21-14-16-9-11-22(12-10-16)25(23,24)17-7-2-1-3-8-17;/h1-3,7-8,15-16H,4-6,9-14H2,(H3,19,20,21);1H. The van der Waals surface area contributed by atoms with Crippen LogP contribution in [0.2, 0.25) is 0 Å². The molecular formula is C18H29IN4O2S. The Bertz CT molecular complexity index is 684. The Morgan fingerprint density at radius 2 is 1.77 bits per heavy atom. The summed E-state index contributed by atoms with van der Waals surface area (Å²) in [6.07, 6.45) is 5.54. The van der Waals surface area contributed by atoms with E-state index < -0.39 is 10.0 Å². The number of benzene rings is 1. The van der Waals surface area contributed by atoms with Crippen LogP contribution >= 0.6 is 24.0 Å². The van der Waals surface area contributed by atoms with E-state index in [2.05, 4.69) is 10.3 Å². The first kappa shape index (κ1) is 21.4. The zero-order chi connectivity index (χ0) is 17.7. The molecule has 1 saturated carbocycles. The van der Waals surface area contributed by atoms with Crippen molar-refractivity contribution in [1.82, 2.24) is 9.62 Å². The van der Waals surface area contributed by atoms with Gasteiger partial charge < -0.3 is 11.1 Å². The Kier molecular flexibility index (Phi) is 8.15. The lowest BCUT2D eigenvalue weighted by Crippen LogP contribution is -2.43. The fourth-order valence-corrected chi connectivity index (χ4v) is 4.79. The third-order valence-corrected chi connectivity index (χ3v) is 7.18. The number of sulfonamides is 1. The van der Waals surface area contributed by atoms with Crippen LogP contribution in [-0.4, -0.2) is 44.9 Å². The van der Waals surface area contributed by atoms with E-state index in [0.29, 0.717) is 35.8 Å². The van der Waals surface area contributed by atoms with Gasteiger partial charge in [0.15, 0.2) is 5.96 Å². The molecule has 1 saturated heterocycles. The van der Waals surface area contributed by atoms with Crippen molar-refractivity contribution in [2.24, 2.45) is 22.6 Å². The van der Waals surface area contributed by atoms with Crippen molar-refractivity contribution in [3.8, 4) is 0 Å². The van der Waals surface area contributed by atoms with Gasteiger partial charge in [-0.15, -0.1) is 24.0 Å². The number of rotatable bonds is 6. The Labute approximate surface area is 173 Å². The van der Waals surface area contributed by atoms with Crippen LogP contribution in [0.4, 0.5) is 0 Å². The number of hydrogen-bond donors (Lipinski definition) is 2. The smallest absolute Gasteiger partial charge is 0.243 e. The lowest BCUT2D eigenvalue weighted by Gasteiger charge is -2.31. The molecule has 3 rings (SSSR count). The SMILES string of the molecule is I.NC(=NCC1CCC1)NCC1CCN(S(=O)(=O)c2ccccc2)CC1. The predicted octanol–water partition coefficient (Wildman–Crippen LogP) is 2.41. The first-order chi connectivity index (χ1) is 12.1. The average Bonchev–Trinajstić information content (AvgIpc) is 2.60. The quantitative estimate of drug-likeness (QED) is 0.363. The number of nitrogens with zero attached hydrogens (tertiary/aromatic N) is 2. The molecule has 1 aliphatic carbocycles. The average molecular weight is 492 g/mol. The normalized spacial score (nSPS) is 20.2. The predicted molar refractivity (Wildman–Crippen MR) is 115 cm³/mol. The Hall–Kier alpha value is -0.870. The van der Waals surface area contributed by atoms with Crippen molar-refractivity contribution in [1.29, 1.82) is 0 Å². The van der Waals surface area contributed by atoms with Crippen molar-refractivity contribution >= 4 is 40.0 Å². The molecule has 1 aromatic carbocycles. The summed E-state index contributed by atoms with van der Waals surface area (Å²) in [4.78, 5) is 4.78. The lowest BCUT2D eigenvalue weighted by molar-refractivity contribution is 0.273. The second-order valence-electron chi connectivity index (χ2n) is 7.06. The second kappa shape index (κ2) is 9.89. The molecule has 0 amide bonds. The molecule has 6 nitrogen and oxygen atoms in total. The summed E-state index contributed by atoms with van der Waals surface area (Å²) < 4.78 is 26.8. The molecule has 0 unspecified atom stereocenters. The van der Waals surface area contributed by atoms with E-state index >= 15 is 0 Å². The van der Waals surface area contributed by atoms with E-state index in [4.69, 9.17) is 5.73 Å². The van der Waals surface area contributed by atoms with Gasteiger partial charge in [0.25, 0.3) is 0 Å². The van der Waals surface area contributed by atoms with Crippen LogP contribution in [0.5, 0.6) is 0 Å². The molecule has 1 aromatic rings. The first-order valence-electron chi connectivity index (χ1n) is 9.14. The highest BCUT2D eigenvalue weighted by atomic mass is 127. The number of hydrogen-bond acceptors (Lipinski definition) is 3. The molecule has 2 fully saturated rings. The van der Waals surface area contributed by atoms with E-state index in [0.717, 1.165) is 25.9 Å². The summed E-state index contributed by atoms with van der Waals surface area (Å²) in [5, 5.41) is 3.20. The summed E-state index contributed by atoms with van der Waals surface area (Å²) in [5.74, 6) is 1.66. The van der Waals surface area contributed by atoms with Gasteiger partial charge in [0.2, 0.25) is 10.0 Å². The van der Waals surface area contributed by atoms with Crippen LogP contribution in [0.1, 0.15) is 32.1 Å². The van der Waals surface area contributed by atoms with Crippen molar-refractivity contribution < 1.29 is 8.42 Å². The molecule has 8 heteroatoms. The Balaban J connectivity index is 0.00000243. The van der Waals surface area contributed by atoms with Gasteiger partial charge in [0.05, 0.1) is 4.90 Å². The Morgan fingerprint density at radius 1 is 1.12 bits per heavy atom. The summed E-state index contributed by atoms with van der Waals surface area (Å²) in [6, 6.07) is 8.66. The van der Waals surface area contributed by atoms with Crippen molar-refractivity contribution in [3.05, 3.63) is 30.3 Å². The summed E-state index contributed by atoms with van der Waals surface area (Å²) in [6.45, 7) is 2.71. The van der Waals surface area contributed by atoms with Crippen LogP contribution < -0.4 is 11.1 Å². The molecular weight excluding hydrogens is 463 g/mol. The van der Waals surface area contributed by atoms with Crippen LogP contribution in [0.25, 0.3) is 0 Å². The zero-order valence-corrected chi connectivity index (χ0v) is 18.2. The van der Waals surface area contributed by atoms with Gasteiger partial charge in [0.1, 0.15) is 0 Å². The second-order valence-corrected chi connectivity index (χ2v) is 9.00. The molecule has 0 radical (unpaired) electrons. The third kappa shape index (κ3) is 5.56. The highest BCUT2D eigenvalue weighted by Gasteiger charge is 2.29. The van der Waals surface area contributed by atoms with Gasteiger partial charge in [-0.05, 0) is 49.7 Å². The molecule has 3 N–H and O–H groups in total. The maximum atomic E-state index is 12.6. The van der Waals surface area contributed by atoms with Crippen molar-refractivity contribution in [2.75, 3.05) is 26.2 Å². The van der Waals surface area contributed by atoms with Gasteiger partial charge in [-0.2, -0.15) is 4.31 Å². The Morgan fingerprint density at radius 3 is 2.35 bits per heavy atom. The van der Waals surface area contributed by atoms with Crippen LogP contribution in [0.3, 0.4) is 0 Å². The molecule has 2 aliphatic rings. The van der Waals surface area contributed by atoms with Crippen molar-refractivity contribution in [2.45, 2.75) is 37.0 Å². The number of halogens is 1. The monoisotopic (exact) mass is 492 g/mol. The van der Waals surface area contributed by atoms with E-state index in [1.165, 1.54) is 19.3 Å². The van der Waals surface area contributed by atoms with E-state index in [9.17, 15) is 8.42 Å². The third-order valence-electron chi connectivity index (χ3n) is 5.27. The molecule has 146 valence electrons. The van der Waals surface area contributed by atoms with E-state index in [1.807, 2.05) is 6.07 Å². The maximum Gasteiger partial charge on any atom is 0.243 e. The van der Waals surface area contributed by atoms with Gasteiger partial charge in [-0.3, -0.25) is 4.99 Å². The number of aliphatic imine (C=N–C) groups is 1. The minimum Gasteiger partial charge on any atom is -0.370 e. The molecule has 1 aliphatic heterocycles. The summed E-state index contributed by atoms with van der Waals surface area (Å²) >= 11 is 0. The van der Waals surface area contributed by atoms with Crippen LogP contribution in [0, 0.1) is 11.8 Å². The largest absolute Gasteiger partial charge is 0.370 e. The van der Waals surface area contributed by atoms with E-state index in [-0.39, 0.29) is 24.0 Å². The highest BCUT2D eigenvalue weighted by Crippen LogP contribution is 2.26.